The Hall–Kier alpha value is -1.56. The van der Waals surface area contributed by atoms with Crippen molar-refractivity contribution in [1.82, 2.24) is 20.4 Å². The number of nitrogens with zero attached hydrogens (tertiary/aromatic N) is 2. The number of carbonyl (C=O) groups excluding carboxylic acids is 1. The molecule has 0 aliphatic heterocycles. The Morgan fingerprint density at radius 2 is 2.09 bits per heavy atom. The van der Waals surface area contributed by atoms with Gasteiger partial charge < -0.3 is 10.6 Å². The molecule has 2 rings (SSSR count). The Labute approximate surface area is 141 Å². The second kappa shape index (κ2) is 8.17. The molecule has 1 aromatic carbocycles. The van der Waals surface area contributed by atoms with Gasteiger partial charge in [0.2, 0.25) is 0 Å². The van der Waals surface area contributed by atoms with Crippen LogP contribution in [0.1, 0.15) is 23.0 Å². The van der Waals surface area contributed by atoms with Crippen molar-refractivity contribution in [3.05, 3.63) is 46.7 Å². The van der Waals surface area contributed by atoms with Crippen LogP contribution in [0.5, 0.6) is 0 Å². The van der Waals surface area contributed by atoms with Crippen LogP contribution in [0.15, 0.2) is 30.5 Å². The molecule has 7 heteroatoms. The molecule has 0 bridgehead atoms. The first-order chi connectivity index (χ1) is 10.0. The van der Waals surface area contributed by atoms with Crippen LogP contribution >= 0.6 is 24.0 Å². The highest BCUT2D eigenvalue weighted by Crippen LogP contribution is 2.21. The quantitative estimate of drug-likeness (QED) is 0.877. The van der Waals surface area contributed by atoms with Gasteiger partial charge in [-0.15, -0.1) is 12.4 Å². The van der Waals surface area contributed by atoms with E-state index in [9.17, 15) is 4.79 Å². The fourth-order valence-electron chi connectivity index (χ4n) is 1.94. The Morgan fingerprint density at radius 1 is 1.41 bits per heavy atom. The molecule has 1 heterocycles. The lowest BCUT2D eigenvalue weighted by Crippen LogP contribution is -2.37. The number of amides is 1. The number of para-hydroxylation sites is 1. The lowest BCUT2D eigenvalue weighted by Gasteiger charge is -2.11. The number of aromatic nitrogens is 2. The molecule has 1 amide bonds. The third-order valence-electron chi connectivity index (χ3n) is 3.40. The van der Waals surface area contributed by atoms with Crippen molar-refractivity contribution in [1.29, 1.82) is 0 Å². The zero-order chi connectivity index (χ0) is 15.4. The van der Waals surface area contributed by atoms with Crippen LogP contribution in [0.3, 0.4) is 0 Å². The standard InChI is InChI=1S/C15H19ClN4O.ClH/c1-10(17-3)8-18-15(21)12-9-19-20(11(12)2)14-7-5-4-6-13(14)16;/h4-7,9-10,17H,8H2,1-3H3,(H,18,21);1H. The van der Waals surface area contributed by atoms with E-state index in [-0.39, 0.29) is 24.4 Å². The van der Waals surface area contributed by atoms with Gasteiger partial charge in [0, 0.05) is 12.6 Å². The summed E-state index contributed by atoms with van der Waals surface area (Å²) in [6.07, 6.45) is 1.57. The molecule has 0 spiro atoms. The van der Waals surface area contributed by atoms with Crippen LogP contribution in [0.4, 0.5) is 0 Å². The Morgan fingerprint density at radius 3 is 2.73 bits per heavy atom. The van der Waals surface area contributed by atoms with Crippen LogP contribution in [-0.4, -0.2) is 35.3 Å². The van der Waals surface area contributed by atoms with Crippen LogP contribution in [0, 0.1) is 6.92 Å². The van der Waals surface area contributed by atoms with Crippen LogP contribution in [-0.2, 0) is 0 Å². The molecular formula is C15H20Cl2N4O. The molecule has 0 aliphatic carbocycles. The highest BCUT2D eigenvalue weighted by atomic mass is 35.5. The largest absolute Gasteiger partial charge is 0.350 e. The van der Waals surface area contributed by atoms with Crippen LogP contribution < -0.4 is 10.6 Å². The van der Waals surface area contributed by atoms with Crippen LogP contribution in [0.2, 0.25) is 5.02 Å². The second-order valence-electron chi connectivity index (χ2n) is 4.91. The molecule has 1 aromatic heterocycles. The number of hydrogen-bond donors (Lipinski definition) is 2. The molecule has 0 saturated carbocycles. The van der Waals surface area contributed by atoms with Gasteiger partial charge in [-0.1, -0.05) is 23.7 Å². The lowest BCUT2D eigenvalue weighted by molar-refractivity contribution is 0.0950. The minimum absolute atomic E-state index is 0. The minimum Gasteiger partial charge on any atom is -0.350 e. The second-order valence-corrected chi connectivity index (χ2v) is 5.31. The number of benzene rings is 1. The van der Waals surface area contributed by atoms with Crippen molar-refractivity contribution in [2.75, 3.05) is 13.6 Å². The molecule has 120 valence electrons. The van der Waals surface area contributed by atoms with Crippen molar-refractivity contribution in [3.63, 3.8) is 0 Å². The van der Waals surface area contributed by atoms with Crippen molar-refractivity contribution in [2.45, 2.75) is 19.9 Å². The number of hydrogen-bond acceptors (Lipinski definition) is 3. The molecule has 5 nitrogen and oxygen atoms in total. The minimum atomic E-state index is -0.132. The topological polar surface area (TPSA) is 58.9 Å². The molecular weight excluding hydrogens is 323 g/mol. The van der Waals surface area contributed by atoms with Gasteiger partial charge in [0.25, 0.3) is 5.91 Å². The molecule has 22 heavy (non-hydrogen) atoms. The number of halogens is 2. The van der Waals surface area contributed by atoms with E-state index in [4.69, 9.17) is 11.6 Å². The number of rotatable bonds is 5. The zero-order valence-corrected chi connectivity index (χ0v) is 14.3. The SMILES string of the molecule is CNC(C)CNC(=O)c1cnn(-c2ccccc2Cl)c1C.Cl. The summed E-state index contributed by atoms with van der Waals surface area (Å²) in [4.78, 5) is 12.2. The fourth-order valence-corrected chi connectivity index (χ4v) is 2.16. The van der Waals surface area contributed by atoms with Gasteiger partial charge in [0.1, 0.15) is 0 Å². The maximum absolute atomic E-state index is 12.2. The van der Waals surface area contributed by atoms with Gasteiger partial charge in [-0.25, -0.2) is 4.68 Å². The van der Waals surface area contributed by atoms with E-state index in [2.05, 4.69) is 15.7 Å². The molecule has 2 N–H and O–H groups in total. The van der Waals surface area contributed by atoms with E-state index < -0.39 is 0 Å². The normalized spacial score (nSPS) is 11.6. The van der Waals surface area contributed by atoms with Gasteiger partial charge in [0.15, 0.2) is 0 Å². The summed E-state index contributed by atoms with van der Waals surface area (Å²) in [6.45, 7) is 4.42. The Bertz CT molecular complexity index is 642. The maximum atomic E-state index is 12.2. The monoisotopic (exact) mass is 342 g/mol. The lowest BCUT2D eigenvalue weighted by atomic mass is 10.2. The molecule has 1 unspecified atom stereocenters. The predicted molar refractivity (Wildman–Crippen MR) is 91.4 cm³/mol. The molecule has 0 radical (unpaired) electrons. The highest BCUT2D eigenvalue weighted by Gasteiger charge is 2.16. The zero-order valence-electron chi connectivity index (χ0n) is 12.8. The van der Waals surface area contributed by atoms with E-state index in [1.165, 1.54) is 0 Å². The molecule has 0 fully saturated rings. The van der Waals surface area contributed by atoms with Crippen molar-refractivity contribution >= 4 is 29.9 Å². The first-order valence-electron chi connectivity index (χ1n) is 6.79. The average molecular weight is 343 g/mol. The summed E-state index contributed by atoms with van der Waals surface area (Å²) in [7, 11) is 1.86. The Balaban J connectivity index is 0.00000242. The van der Waals surface area contributed by atoms with Crippen molar-refractivity contribution in [2.24, 2.45) is 0 Å². The van der Waals surface area contributed by atoms with Crippen LogP contribution in [0.25, 0.3) is 5.69 Å². The molecule has 0 aliphatic rings. The smallest absolute Gasteiger partial charge is 0.254 e. The molecule has 2 aromatic rings. The third-order valence-corrected chi connectivity index (χ3v) is 3.72. The average Bonchev–Trinajstić information content (AvgIpc) is 2.86. The van der Waals surface area contributed by atoms with E-state index in [0.717, 1.165) is 11.4 Å². The summed E-state index contributed by atoms with van der Waals surface area (Å²) < 4.78 is 1.68. The number of likely N-dealkylation sites (N-methyl/N-ethyl adjacent to an activating group) is 1. The predicted octanol–water partition coefficient (Wildman–Crippen LogP) is 2.59. The summed E-state index contributed by atoms with van der Waals surface area (Å²) >= 11 is 6.17. The van der Waals surface area contributed by atoms with E-state index in [1.807, 2.05) is 39.1 Å². The van der Waals surface area contributed by atoms with Crippen molar-refractivity contribution < 1.29 is 4.79 Å². The maximum Gasteiger partial charge on any atom is 0.254 e. The fraction of sp³-hybridized carbons (Fsp3) is 0.333. The van der Waals surface area contributed by atoms with Gasteiger partial charge >= 0.3 is 0 Å². The van der Waals surface area contributed by atoms with Crippen molar-refractivity contribution in [3.8, 4) is 5.69 Å². The van der Waals surface area contributed by atoms with Gasteiger partial charge in [-0.3, -0.25) is 4.79 Å². The van der Waals surface area contributed by atoms with E-state index in [0.29, 0.717) is 17.1 Å². The summed E-state index contributed by atoms with van der Waals surface area (Å²) in [6, 6.07) is 7.63. The Kier molecular flexibility index (Phi) is 6.87. The number of nitrogens with one attached hydrogen (secondary N) is 2. The van der Waals surface area contributed by atoms with E-state index >= 15 is 0 Å². The van der Waals surface area contributed by atoms with Gasteiger partial charge in [-0.05, 0) is 33.0 Å². The summed E-state index contributed by atoms with van der Waals surface area (Å²) in [5.74, 6) is -0.132. The first-order valence-corrected chi connectivity index (χ1v) is 7.17. The van der Waals surface area contributed by atoms with Gasteiger partial charge in [-0.2, -0.15) is 5.10 Å². The van der Waals surface area contributed by atoms with E-state index in [1.54, 1.807) is 16.9 Å². The van der Waals surface area contributed by atoms with Gasteiger partial charge in [0.05, 0.1) is 28.2 Å². The molecule has 1 atom stereocenters. The summed E-state index contributed by atoms with van der Waals surface area (Å²) in [5, 5.41) is 10.8. The first kappa shape index (κ1) is 18.5. The number of carbonyl (C=O) groups is 1. The molecule has 0 saturated heterocycles. The highest BCUT2D eigenvalue weighted by molar-refractivity contribution is 6.32. The third kappa shape index (κ3) is 4.00. The summed E-state index contributed by atoms with van der Waals surface area (Å²) in [5.41, 5.74) is 2.08.